The summed E-state index contributed by atoms with van der Waals surface area (Å²) in [6.07, 6.45) is 0. The molecule has 6 rings (SSSR count). The number of amides is 5. The van der Waals surface area contributed by atoms with Crippen LogP contribution in [0, 0.1) is 0 Å². The first-order valence-electron chi connectivity index (χ1n) is 20.3. The number of carbonyl (C=O) groups excluding carboxylic acids is 5. The highest BCUT2D eigenvalue weighted by Gasteiger charge is 2.32. The lowest BCUT2D eigenvalue weighted by atomic mass is 9.94. The first-order valence-corrected chi connectivity index (χ1v) is 20.3. The number of rotatable bonds is 9. The van der Waals surface area contributed by atoms with Crippen molar-refractivity contribution in [2.75, 3.05) is 131 Å². The van der Waals surface area contributed by atoms with Gasteiger partial charge in [0.1, 0.15) is 5.75 Å². The van der Waals surface area contributed by atoms with Gasteiger partial charge in [-0.15, -0.1) is 0 Å². The summed E-state index contributed by atoms with van der Waals surface area (Å²) in [4.78, 5) is 72.9. The van der Waals surface area contributed by atoms with E-state index in [1.807, 2.05) is 12.1 Å². The number of nitrogens with zero attached hydrogens (tertiary/aromatic N) is 3. The normalized spacial score (nSPS) is 18.1. The van der Waals surface area contributed by atoms with Crippen LogP contribution in [0.2, 0.25) is 0 Å². The van der Waals surface area contributed by atoms with E-state index >= 15 is 0 Å². The second kappa shape index (κ2) is 21.7. The lowest BCUT2D eigenvalue weighted by Crippen LogP contribution is -2.45. The first kappa shape index (κ1) is 42.6. The molecule has 0 aromatic heterocycles. The third-order valence-electron chi connectivity index (χ3n) is 10.4. The van der Waals surface area contributed by atoms with Gasteiger partial charge in [-0.25, -0.2) is 0 Å². The van der Waals surface area contributed by atoms with Crippen LogP contribution in [0.15, 0.2) is 48.5 Å². The van der Waals surface area contributed by atoms with Gasteiger partial charge in [-0.05, 0) is 29.7 Å². The van der Waals surface area contributed by atoms with Gasteiger partial charge in [-0.3, -0.25) is 28.9 Å². The molecule has 17 heteroatoms. The highest BCUT2D eigenvalue weighted by Crippen LogP contribution is 2.30. The summed E-state index contributed by atoms with van der Waals surface area (Å²) in [7, 11) is 0. The van der Waals surface area contributed by atoms with Crippen LogP contribution in [-0.4, -0.2) is 180 Å². The lowest BCUT2D eigenvalue weighted by Gasteiger charge is -2.27. The van der Waals surface area contributed by atoms with Crippen LogP contribution in [0.4, 0.5) is 0 Å². The van der Waals surface area contributed by atoms with Gasteiger partial charge in [-0.1, -0.05) is 24.3 Å². The number of phenolic OH excluding ortho intramolecular Hbond substituents is 1. The molecule has 0 spiro atoms. The fraction of sp³-hybridized carbons (Fsp3) is 0.488. The van der Waals surface area contributed by atoms with Crippen LogP contribution < -0.4 is 37.2 Å². The van der Waals surface area contributed by atoms with Crippen molar-refractivity contribution in [1.29, 1.82) is 0 Å². The Morgan fingerprint density at radius 1 is 0.621 bits per heavy atom. The summed E-state index contributed by atoms with van der Waals surface area (Å²) in [6, 6.07) is 13.4. The van der Waals surface area contributed by atoms with Gasteiger partial charge in [0.25, 0.3) is 29.5 Å². The molecule has 3 heterocycles. The molecule has 3 aliphatic rings. The van der Waals surface area contributed by atoms with Gasteiger partial charge < -0.3 is 56.9 Å². The summed E-state index contributed by atoms with van der Waals surface area (Å²) in [5, 5.41) is 35.9. The largest absolute Gasteiger partial charge is 0.506 e. The first-order chi connectivity index (χ1) is 28.3. The maximum atomic E-state index is 14.2. The monoisotopic (exact) mass is 800 g/mol. The quantitative estimate of drug-likeness (QED) is 0.0971. The molecule has 3 aromatic rings. The summed E-state index contributed by atoms with van der Waals surface area (Å²) < 4.78 is 5.74. The molecule has 0 saturated carbocycles. The van der Waals surface area contributed by atoms with E-state index in [4.69, 9.17) is 4.74 Å². The fourth-order valence-corrected chi connectivity index (χ4v) is 7.26. The zero-order valence-electron chi connectivity index (χ0n) is 33.0. The third-order valence-corrected chi connectivity index (χ3v) is 10.4. The Morgan fingerprint density at radius 2 is 1.05 bits per heavy atom. The molecule has 2 saturated heterocycles. The van der Waals surface area contributed by atoms with Gasteiger partial charge in [0.15, 0.2) is 0 Å². The number of carbonyl (C=O) groups is 5. The van der Waals surface area contributed by atoms with Crippen molar-refractivity contribution in [1.82, 2.24) is 51.9 Å². The number of benzene rings is 3. The number of hydrogen-bond acceptors (Lipinski definition) is 13. The molecule has 8 N–H and O–H groups in total. The molecule has 0 bridgehead atoms. The number of aromatic hydroxyl groups is 1. The Kier molecular flexibility index (Phi) is 15.9. The van der Waals surface area contributed by atoms with Crippen molar-refractivity contribution in [3.63, 3.8) is 0 Å². The van der Waals surface area contributed by atoms with Gasteiger partial charge in [0, 0.05) is 133 Å². The number of imide groups is 1. The molecular weight excluding hydrogens is 745 g/mol. The Bertz CT molecular complexity index is 1790. The van der Waals surface area contributed by atoms with E-state index in [0.717, 1.165) is 57.7 Å². The van der Waals surface area contributed by atoms with Crippen LogP contribution in [-0.2, 0) is 4.74 Å². The molecule has 3 aromatic carbocycles. The minimum absolute atomic E-state index is 0.0299. The van der Waals surface area contributed by atoms with E-state index in [1.54, 1.807) is 34.1 Å². The Hall–Kier alpha value is -5.01. The average Bonchev–Trinajstić information content (AvgIpc) is 3.22. The molecular formula is C41H56N10O7. The summed E-state index contributed by atoms with van der Waals surface area (Å²) in [5.74, 6) is -2.79. The van der Waals surface area contributed by atoms with E-state index in [1.165, 1.54) is 17.0 Å². The second-order valence-electron chi connectivity index (χ2n) is 14.3. The van der Waals surface area contributed by atoms with E-state index in [0.29, 0.717) is 68.9 Å². The maximum Gasteiger partial charge on any atom is 0.261 e. The molecule has 312 valence electrons. The minimum atomic E-state index is -0.563. The van der Waals surface area contributed by atoms with Crippen LogP contribution in [0.1, 0.15) is 51.8 Å². The van der Waals surface area contributed by atoms with E-state index < -0.39 is 23.5 Å². The Labute approximate surface area is 338 Å². The van der Waals surface area contributed by atoms with Crippen molar-refractivity contribution in [2.45, 2.75) is 0 Å². The van der Waals surface area contributed by atoms with E-state index in [2.05, 4.69) is 37.2 Å². The topological polar surface area (TPSA) is 209 Å². The number of nitrogens with one attached hydrogen (secondary N) is 7. The molecule has 17 nitrogen and oxygen atoms in total. The minimum Gasteiger partial charge on any atom is -0.506 e. The average molecular weight is 801 g/mol. The van der Waals surface area contributed by atoms with Crippen molar-refractivity contribution < 1.29 is 33.8 Å². The molecule has 0 aliphatic carbocycles. The van der Waals surface area contributed by atoms with Crippen molar-refractivity contribution in [3.05, 3.63) is 76.3 Å². The smallest absolute Gasteiger partial charge is 0.261 e. The van der Waals surface area contributed by atoms with Crippen LogP contribution >= 0.6 is 0 Å². The van der Waals surface area contributed by atoms with Crippen LogP contribution in [0.3, 0.4) is 0 Å². The highest BCUT2D eigenvalue weighted by atomic mass is 16.5. The van der Waals surface area contributed by atoms with Gasteiger partial charge >= 0.3 is 0 Å². The van der Waals surface area contributed by atoms with Crippen LogP contribution in [0.25, 0.3) is 10.8 Å². The van der Waals surface area contributed by atoms with Crippen molar-refractivity contribution in [2.24, 2.45) is 0 Å². The van der Waals surface area contributed by atoms with Gasteiger partial charge in [-0.2, -0.15) is 0 Å². The Balaban J connectivity index is 1.14. The molecule has 0 atom stereocenters. The molecule has 0 radical (unpaired) electrons. The fourth-order valence-electron chi connectivity index (χ4n) is 7.26. The van der Waals surface area contributed by atoms with Gasteiger partial charge in [0.2, 0.25) is 0 Å². The number of phenols is 1. The highest BCUT2D eigenvalue weighted by molar-refractivity contribution is 6.25. The predicted octanol–water partition coefficient (Wildman–Crippen LogP) is -0.963. The SMILES string of the molecule is O=C(NCCOCCN1C(=O)c2cccc3cccc(c23)C1=O)c1cc(C(=O)N2CCNCCNCCNCC2)c(O)c(C(=O)N2CCNCCNCCNCC2)c1. The van der Waals surface area contributed by atoms with Gasteiger partial charge in [0.05, 0.1) is 30.9 Å². The standard InChI is InChI=1S/C41H56N10O7/c52-36-33(38(54)49-20-15-44-11-7-42-8-12-45-16-21-49)27-30(28-34(36)39(55)50-22-17-46-13-9-43-10-14-47-18-23-50)37(53)48-19-25-58-26-24-51-40(56)31-5-1-3-29-4-2-6-32(35(29)31)41(51)57/h1-6,27-28,42-47,52H,7-26H2,(H,48,53). The number of hydrogen-bond donors (Lipinski definition) is 8. The molecule has 5 amide bonds. The van der Waals surface area contributed by atoms with E-state index in [9.17, 15) is 29.1 Å². The van der Waals surface area contributed by atoms with Crippen molar-refractivity contribution >= 4 is 40.3 Å². The predicted molar refractivity (Wildman–Crippen MR) is 220 cm³/mol. The van der Waals surface area contributed by atoms with Crippen molar-refractivity contribution in [3.8, 4) is 5.75 Å². The lowest BCUT2D eigenvalue weighted by molar-refractivity contribution is 0.0524. The maximum absolute atomic E-state index is 14.2. The summed E-state index contributed by atoms with van der Waals surface area (Å²) >= 11 is 0. The molecule has 0 unspecified atom stereocenters. The van der Waals surface area contributed by atoms with E-state index in [-0.39, 0.29) is 54.8 Å². The van der Waals surface area contributed by atoms with Crippen LogP contribution in [0.5, 0.6) is 5.75 Å². The summed E-state index contributed by atoms with van der Waals surface area (Å²) in [5.41, 5.74) is 0.701. The zero-order valence-corrected chi connectivity index (χ0v) is 33.0. The Morgan fingerprint density at radius 3 is 1.50 bits per heavy atom. The summed E-state index contributed by atoms with van der Waals surface area (Å²) in [6.45, 7) is 9.73. The zero-order chi connectivity index (χ0) is 40.7. The molecule has 58 heavy (non-hydrogen) atoms. The number of ether oxygens (including phenoxy) is 1. The second-order valence-corrected chi connectivity index (χ2v) is 14.3. The third kappa shape index (κ3) is 10.9. The molecule has 2 fully saturated rings. The molecule has 3 aliphatic heterocycles.